The van der Waals surface area contributed by atoms with Crippen LogP contribution in [-0.4, -0.2) is 14.8 Å². The summed E-state index contributed by atoms with van der Waals surface area (Å²) in [6.07, 6.45) is 0. The molecule has 2 aromatic rings. The van der Waals surface area contributed by atoms with Crippen molar-refractivity contribution in [2.75, 3.05) is 0 Å². The van der Waals surface area contributed by atoms with Crippen LogP contribution in [0.5, 0.6) is 0 Å². The maximum Gasteiger partial charge on any atom is 0.0852 e. The zero-order valence-electron chi connectivity index (χ0n) is 11.9. The number of aromatic nitrogens is 2. The van der Waals surface area contributed by atoms with Gasteiger partial charge in [0, 0.05) is 11.4 Å². The zero-order chi connectivity index (χ0) is 13.6. The summed E-state index contributed by atoms with van der Waals surface area (Å²) < 4.78 is 0. The summed E-state index contributed by atoms with van der Waals surface area (Å²) in [4.78, 5) is 7.70. The van der Waals surface area contributed by atoms with Crippen LogP contribution in [0, 0.1) is 41.5 Å². The number of thiocarbonyl (C=S) groups is 1. The molecule has 2 heterocycles. The average molecular weight is 260 g/mol. The van der Waals surface area contributed by atoms with Crippen LogP contribution in [0.3, 0.4) is 0 Å². The van der Waals surface area contributed by atoms with Crippen LogP contribution in [0.1, 0.15) is 45.0 Å². The molecule has 0 fully saturated rings. The fourth-order valence-corrected chi connectivity index (χ4v) is 2.67. The summed E-state index contributed by atoms with van der Waals surface area (Å²) in [6, 6.07) is 0. The maximum atomic E-state index is 5.65. The molecule has 2 aromatic heterocycles. The molecule has 2 rings (SSSR count). The number of H-pyrrole nitrogens is 2. The van der Waals surface area contributed by atoms with Crippen LogP contribution in [0.2, 0.25) is 0 Å². The van der Waals surface area contributed by atoms with E-state index in [-0.39, 0.29) is 0 Å². The van der Waals surface area contributed by atoms with E-state index < -0.39 is 0 Å². The molecule has 0 saturated heterocycles. The summed E-state index contributed by atoms with van der Waals surface area (Å²) in [5, 5.41) is 0. The Hall–Kier alpha value is -1.35. The van der Waals surface area contributed by atoms with Crippen LogP contribution in [0.25, 0.3) is 0 Å². The molecule has 96 valence electrons. The van der Waals surface area contributed by atoms with Crippen LogP contribution in [0.4, 0.5) is 0 Å². The smallest absolute Gasteiger partial charge is 0.0852 e. The van der Waals surface area contributed by atoms with E-state index in [0.29, 0.717) is 0 Å². The summed E-state index contributed by atoms with van der Waals surface area (Å²) >= 11 is 5.65. The van der Waals surface area contributed by atoms with Gasteiger partial charge in [0.1, 0.15) is 0 Å². The molecule has 0 aliphatic carbocycles. The van der Waals surface area contributed by atoms with Crippen LogP contribution in [-0.2, 0) is 0 Å². The van der Waals surface area contributed by atoms with E-state index in [0.717, 1.165) is 16.3 Å². The molecule has 2 N–H and O–H groups in total. The van der Waals surface area contributed by atoms with Gasteiger partial charge in [-0.05, 0) is 63.8 Å². The number of aryl methyl sites for hydroxylation is 2. The molecule has 18 heavy (non-hydrogen) atoms. The van der Waals surface area contributed by atoms with Crippen molar-refractivity contribution in [3.8, 4) is 0 Å². The highest BCUT2D eigenvalue weighted by atomic mass is 32.1. The van der Waals surface area contributed by atoms with Gasteiger partial charge in [0.15, 0.2) is 0 Å². The third-order valence-electron chi connectivity index (χ3n) is 4.08. The predicted molar refractivity (Wildman–Crippen MR) is 80.8 cm³/mol. The Bertz CT molecular complexity index is 575. The first-order valence-electron chi connectivity index (χ1n) is 6.20. The molecule has 0 aliphatic rings. The Morgan fingerprint density at radius 1 is 0.667 bits per heavy atom. The minimum atomic E-state index is 0.886. The second-order valence-corrected chi connectivity index (χ2v) is 5.49. The van der Waals surface area contributed by atoms with E-state index in [1.54, 1.807) is 0 Å². The predicted octanol–water partition coefficient (Wildman–Crippen LogP) is 3.96. The monoisotopic (exact) mass is 260 g/mol. The van der Waals surface area contributed by atoms with Gasteiger partial charge in [-0.1, -0.05) is 12.2 Å². The fraction of sp³-hybridized carbons (Fsp3) is 0.400. The molecule has 0 saturated carbocycles. The second kappa shape index (κ2) is 4.39. The lowest BCUT2D eigenvalue weighted by Gasteiger charge is -2.03. The summed E-state index contributed by atoms with van der Waals surface area (Å²) in [5.41, 5.74) is 9.64. The molecule has 0 unspecified atom stereocenters. The van der Waals surface area contributed by atoms with Crippen molar-refractivity contribution in [3.05, 3.63) is 45.0 Å². The van der Waals surface area contributed by atoms with Gasteiger partial charge in [0.2, 0.25) is 0 Å². The molecule has 2 nitrogen and oxygen atoms in total. The van der Waals surface area contributed by atoms with Crippen LogP contribution in [0.15, 0.2) is 0 Å². The second-order valence-electron chi connectivity index (χ2n) is 5.08. The van der Waals surface area contributed by atoms with Gasteiger partial charge in [-0.2, -0.15) is 0 Å². The average Bonchev–Trinajstić information content (AvgIpc) is 2.74. The largest absolute Gasteiger partial charge is 0.357 e. The number of hydrogen-bond donors (Lipinski definition) is 2. The van der Waals surface area contributed by atoms with E-state index in [1.165, 1.54) is 33.6 Å². The van der Waals surface area contributed by atoms with Crippen LogP contribution >= 0.6 is 12.2 Å². The lowest BCUT2D eigenvalue weighted by atomic mass is 10.1. The third kappa shape index (κ3) is 1.83. The third-order valence-corrected chi connectivity index (χ3v) is 4.49. The Morgan fingerprint density at radius 3 is 1.22 bits per heavy atom. The molecule has 0 aliphatic heterocycles. The number of aromatic amines is 2. The van der Waals surface area contributed by atoms with E-state index in [1.807, 2.05) is 0 Å². The molecule has 0 radical (unpaired) electrons. The highest BCUT2D eigenvalue weighted by Crippen LogP contribution is 2.24. The van der Waals surface area contributed by atoms with E-state index in [4.69, 9.17) is 12.2 Å². The van der Waals surface area contributed by atoms with Gasteiger partial charge >= 0.3 is 0 Å². The molecule has 0 amide bonds. The molecule has 0 aromatic carbocycles. The Morgan fingerprint density at radius 2 is 1.00 bits per heavy atom. The van der Waals surface area contributed by atoms with E-state index in [9.17, 15) is 0 Å². The molecule has 3 heteroatoms. The lowest BCUT2D eigenvalue weighted by molar-refractivity contribution is 1.20. The van der Waals surface area contributed by atoms with Crippen molar-refractivity contribution in [3.63, 3.8) is 0 Å². The van der Waals surface area contributed by atoms with Gasteiger partial charge in [-0.25, -0.2) is 0 Å². The number of hydrogen-bond acceptors (Lipinski definition) is 1. The minimum absolute atomic E-state index is 0.886. The normalized spacial score (nSPS) is 11.0. The first-order valence-corrected chi connectivity index (χ1v) is 6.61. The topological polar surface area (TPSA) is 31.6 Å². The van der Waals surface area contributed by atoms with Gasteiger partial charge in [-0.3, -0.25) is 0 Å². The maximum absolute atomic E-state index is 5.65. The highest BCUT2D eigenvalue weighted by Gasteiger charge is 2.18. The number of rotatable bonds is 2. The first-order chi connectivity index (χ1) is 8.34. The molecule has 0 atom stereocenters. The van der Waals surface area contributed by atoms with Crippen molar-refractivity contribution in [1.29, 1.82) is 0 Å². The van der Waals surface area contributed by atoms with Gasteiger partial charge < -0.3 is 9.97 Å². The quantitative estimate of drug-likeness (QED) is 0.621. The minimum Gasteiger partial charge on any atom is -0.357 e. The van der Waals surface area contributed by atoms with Crippen molar-refractivity contribution in [2.45, 2.75) is 41.5 Å². The SMILES string of the molecule is Cc1[nH]c(C(=S)c2[nH]c(C)c(C)c2C)c(C)c1C. The van der Waals surface area contributed by atoms with Crippen molar-refractivity contribution in [1.82, 2.24) is 9.97 Å². The Kier molecular flexibility index (Phi) is 3.20. The molecular formula is C15H20N2S. The van der Waals surface area contributed by atoms with Crippen LogP contribution < -0.4 is 0 Å². The summed E-state index contributed by atoms with van der Waals surface area (Å²) in [6.45, 7) is 12.7. The van der Waals surface area contributed by atoms with Gasteiger partial charge in [0.05, 0.1) is 16.3 Å². The first kappa shape index (κ1) is 13.1. The Balaban J connectivity index is 2.55. The van der Waals surface area contributed by atoms with Crippen molar-refractivity contribution >= 4 is 17.1 Å². The molecule has 0 spiro atoms. The highest BCUT2D eigenvalue weighted by molar-refractivity contribution is 7.81. The standard InChI is InChI=1S/C15H20N2S/c1-7-9(3)13(16-11(7)5)15(18)14-10(4)8(2)12(6)17-14/h16-17H,1-6H3. The fourth-order valence-electron chi connectivity index (χ4n) is 2.27. The van der Waals surface area contributed by atoms with Crippen molar-refractivity contribution in [2.24, 2.45) is 0 Å². The lowest BCUT2D eigenvalue weighted by Crippen LogP contribution is -2.04. The molecule has 0 bridgehead atoms. The van der Waals surface area contributed by atoms with Crippen molar-refractivity contribution < 1.29 is 0 Å². The Labute approximate surface area is 114 Å². The van der Waals surface area contributed by atoms with Gasteiger partial charge in [0.25, 0.3) is 0 Å². The van der Waals surface area contributed by atoms with E-state index in [2.05, 4.69) is 51.5 Å². The zero-order valence-corrected chi connectivity index (χ0v) is 12.7. The summed E-state index contributed by atoms with van der Waals surface area (Å²) in [7, 11) is 0. The van der Waals surface area contributed by atoms with Gasteiger partial charge in [-0.15, -0.1) is 0 Å². The van der Waals surface area contributed by atoms with E-state index >= 15 is 0 Å². The molecular weight excluding hydrogens is 240 g/mol. The number of nitrogens with one attached hydrogen (secondary N) is 2. The summed E-state index contributed by atoms with van der Waals surface area (Å²) in [5.74, 6) is 0.